The van der Waals surface area contributed by atoms with E-state index in [2.05, 4.69) is 9.88 Å². The lowest BCUT2D eigenvalue weighted by molar-refractivity contribution is -0.145. The van der Waals surface area contributed by atoms with Gasteiger partial charge in [-0.3, -0.25) is 9.59 Å². The van der Waals surface area contributed by atoms with Crippen molar-refractivity contribution in [3.8, 4) is 0 Å². The molecule has 1 atom stereocenters. The number of nitrogens with zero attached hydrogens (tertiary/aromatic N) is 3. The summed E-state index contributed by atoms with van der Waals surface area (Å²) in [4.78, 5) is 31.5. The summed E-state index contributed by atoms with van der Waals surface area (Å²) in [6.45, 7) is 1.27. The third-order valence-corrected chi connectivity index (χ3v) is 5.33. The van der Waals surface area contributed by atoms with E-state index in [9.17, 15) is 14.7 Å². The van der Waals surface area contributed by atoms with Crippen LogP contribution in [0.25, 0.3) is 0 Å². The third-order valence-electron chi connectivity index (χ3n) is 5.04. The van der Waals surface area contributed by atoms with Crippen molar-refractivity contribution in [3.05, 3.63) is 23.4 Å². The molecule has 1 N–H and O–H groups in total. The van der Waals surface area contributed by atoms with Crippen LogP contribution in [0.15, 0.2) is 18.3 Å². The Morgan fingerprint density at radius 2 is 2.14 bits per heavy atom. The number of likely N-dealkylation sites (tertiary alicyclic amines) is 1. The van der Waals surface area contributed by atoms with Crippen molar-refractivity contribution in [2.24, 2.45) is 5.92 Å². The minimum Gasteiger partial charge on any atom is -0.481 e. The lowest BCUT2D eigenvalue weighted by atomic mass is 9.77. The summed E-state index contributed by atoms with van der Waals surface area (Å²) in [5.41, 5.74) is -0.583. The summed E-state index contributed by atoms with van der Waals surface area (Å²) in [7, 11) is 1.72. The minimum absolute atomic E-state index is 0.0864. The number of carboxylic acid groups (broad SMARTS) is 1. The summed E-state index contributed by atoms with van der Waals surface area (Å²) in [6.07, 6.45) is 3.01. The number of piperidine rings is 1. The van der Waals surface area contributed by atoms with Gasteiger partial charge in [0.25, 0.3) is 0 Å². The van der Waals surface area contributed by atoms with Gasteiger partial charge in [0.1, 0.15) is 5.82 Å². The first-order chi connectivity index (χ1) is 10.5. The number of rotatable bonds is 2. The molecule has 0 aromatic carbocycles. The first-order valence-corrected chi connectivity index (χ1v) is 7.68. The number of carbonyl (C=O) groups is 2. The largest absolute Gasteiger partial charge is 0.481 e. The van der Waals surface area contributed by atoms with Crippen molar-refractivity contribution in [2.45, 2.75) is 24.8 Å². The zero-order valence-corrected chi connectivity index (χ0v) is 13.1. The van der Waals surface area contributed by atoms with Crippen molar-refractivity contribution in [3.63, 3.8) is 0 Å². The molecule has 1 aromatic heterocycles. The van der Waals surface area contributed by atoms with Gasteiger partial charge in [-0.1, -0.05) is 11.6 Å². The van der Waals surface area contributed by atoms with Gasteiger partial charge in [-0.2, -0.15) is 0 Å². The van der Waals surface area contributed by atoms with Crippen LogP contribution in [0.3, 0.4) is 0 Å². The zero-order chi connectivity index (χ0) is 15.9. The van der Waals surface area contributed by atoms with Crippen molar-refractivity contribution >= 4 is 29.3 Å². The second-order valence-electron chi connectivity index (χ2n) is 5.95. The van der Waals surface area contributed by atoms with E-state index in [1.165, 1.54) is 0 Å². The van der Waals surface area contributed by atoms with Crippen molar-refractivity contribution in [1.82, 2.24) is 9.88 Å². The van der Waals surface area contributed by atoms with Crippen molar-refractivity contribution in [2.75, 3.05) is 25.0 Å². The van der Waals surface area contributed by atoms with Gasteiger partial charge in [-0.15, -0.1) is 0 Å². The van der Waals surface area contributed by atoms with Gasteiger partial charge in [-0.25, -0.2) is 4.98 Å². The lowest BCUT2D eigenvalue weighted by Crippen LogP contribution is -2.56. The van der Waals surface area contributed by atoms with Crippen LogP contribution >= 0.6 is 11.6 Å². The molecule has 22 heavy (non-hydrogen) atoms. The SMILES string of the molecule is CN1C(=O)C[C@H](C(=O)O)C12CCN(c1ncccc1Cl)CC2. The summed E-state index contributed by atoms with van der Waals surface area (Å²) >= 11 is 6.18. The van der Waals surface area contributed by atoms with Gasteiger partial charge in [0, 0.05) is 32.8 Å². The molecule has 6 nitrogen and oxygen atoms in total. The van der Waals surface area contributed by atoms with E-state index < -0.39 is 17.4 Å². The fraction of sp³-hybridized carbons (Fsp3) is 0.533. The Kier molecular flexibility index (Phi) is 3.72. The van der Waals surface area contributed by atoms with E-state index in [0.29, 0.717) is 31.0 Å². The molecule has 1 aromatic rings. The summed E-state index contributed by atoms with van der Waals surface area (Å²) in [5, 5.41) is 10.1. The summed E-state index contributed by atoms with van der Waals surface area (Å²) in [5.74, 6) is -0.886. The molecule has 1 amide bonds. The molecule has 2 saturated heterocycles. The molecular formula is C15H18ClN3O3. The van der Waals surface area contributed by atoms with E-state index in [1.807, 2.05) is 0 Å². The van der Waals surface area contributed by atoms with Crippen LogP contribution in [-0.2, 0) is 9.59 Å². The molecule has 0 unspecified atom stereocenters. The first kappa shape index (κ1) is 15.1. The molecule has 2 aliphatic heterocycles. The fourth-order valence-electron chi connectivity index (χ4n) is 3.70. The number of amides is 1. The molecule has 2 aliphatic rings. The molecule has 0 aliphatic carbocycles. The summed E-state index contributed by atoms with van der Waals surface area (Å²) in [6, 6.07) is 3.57. The topological polar surface area (TPSA) is 73.7 Å². The molecule has 0 radical (unpaired) electrons. The van der Waals surface area contributed by atoms with E-state index in [-0.39, 0.29) is 12.3 Å². The Morgan fingerprint density at radius 3 is 2.73 bits per heavy atom. The number of anilines is 1. The predicted molar refractivity (Wildman–Crippen MR) is 81.9 cm³/mol. The van der Waals surface area contributed by atoms with Gasteiger partial charge in [-0.05, 0) is 25.0 Å². The monoisotopic (exact) mass is 323 g/mol. The van der Waals surface area contributed by atoms with E-state index in [1.54, 1.807) is 30.3 Å². The maximum atomic E-state index is 12.0. The van der Waals surface area contributed by atoms with Crippen LogP contribution in [0.1, 0.15) is 19.3 Å². The molecule has 118 valence electrons. The Labute approximate surface area is 133 Å². The van der Waals surface area contributed by atoms with Gasteiger partial charge in [0.2, 0.25) is 5.91 Å². The number of aliphatic carboxylic acids is 1. The third kappa shape index (κ3) is 2.22. The molecule has 2 fully saturated rings. The fourth-order valence-corrected chi connectivity index (χ4v) is 3.94. The second kappa shape index (κ2) is 5.43. The number of halogens is 1. The molecular weight excluding hydrogens is 306 g/mol. The number of aromatic nitrogens is 1. The average molecular weight is 324 g/mol. The Bertz CT molecular complexity index is 614. The zero-order valence-electron chi connectivity index (χ0n) is 12.3. The highest BCUT2D eigenvalue weighted by molar-refractivity contribution is 6.32. The van der Waals surface area contributed by atoms with Gasteiger partial charge in [0.15, 0.2) is 0 Å². The van der Waals surface area contributed by atoms with Crippen LogP contribution in [0.5, 0.6) is 0 Å². The van der Waals surface area contributed by atoms with Gasteiger partial charge >= 0.3 is 5.97 Å². The number of carbonyl (C=O) groups excluding carboxylic acids is 1. The highest BCUT2D eigenvalue weighted by Gasteiger charge is 2.55. The quantitative estimate of drug-likeness (QED) is 0.895. The van der Waals surface area contributed by atoms with Crippen molar-refractivity contribution < 1.29 is 14.7 Å². The second-order valence-corrected chi connectivity index (χ2v) is 6.35. The maximum absolute atomic E-state index is 12.0. The smallest absolute Gasteiger partial charge is 0.309 e. The van der Waals surface area contributed by atoms with Crippen molar-refractivity contribution in [1.29, 1.82) is 0 Å². The standard InChI is InChI=1S/C15H18ClN3O3/c1-18-12(20)9-10(14(21)22)15(18)4-7-19(8-5-15)13-11(16)3-2-6-17-13/h2-3,6,10H,4-5,7-9H2,1H3,(H,21,22)/t10-/m1/s1. The maximum Gasteiger partial charge on any atom is 0.309 e. The van der Waals surface area contributed by atoms with Crippen LogP contribution in [-0.4, -0.2) is 52.5 Å². The molecule has 1 spiro atoms. The van der Waals surface area contributed by atoms with Crippen LogP contribution < -0.4 is 4.90 Å². The highest BCUT2D eigenvalue weighted by Crippen LogP contribution is 2.43. The first-order valence-electron chi connectivity index (χ1n) is 7.30. The van der Waals surface area contributed by atoms with Crippen LogP contribution in [0, 0.1) is 5.92 Å². The molecule has 3 heterocycles. The molecule has 0 bridgehead atoms. The minimum atomic E-state index is -0.887. The number of carboxylic acids is 1. The normalized spacial score (nSPS) is 24.1. The van der Waals surface area contributed by atoms with E-state index in [0.717, 1.165) is 5.82 Å². The Hall–Kier alpha value is -1.82. The van der Waals surface area contributed by atoms with E-state index >= 15 is 0 Å². The average Bonchev–Trinajstić information content (AvgIpc) is 2.74. The van der Waals surface area contributed by atoms with E-state index in [4.69, 9.17) is 11.6 Å². The van der Waals surface area contributed by atoms with Gasteiger partial charge < -0.3 is 14.9 Å². The molecule has 7 heteroatoms. The van der Waals surface area contributed by atoms with Crippen LogP contribution in [0.2, 0.25) is 5.02 Å². The summed E-state index contributed by atoms with van der Waals surface area (Å²) < 4.78 is 0. The lowest BCUT2D eigenvalue weighted by Gasteiger charge is -2.45. The Morgan fingerprint density at radius 1 is 1.45 bits per heavy atom. The molecule has 3 rings (SSSR count). The van der Waals surface area contributed by atoms with Crippen LogP contribution in [0.4, 0.5) is 5.82 Å². The number of hydrogen-bond donors (Lipinski definition) is 1. The predicted octanol–water partition coefficient (Wildman–Crippen LogP) is 1.64. The number of pyridine rings is 1. The van der Waals surface area contributed by atoms with Gasteiger partial charge in [0.05, 0.1) is 16.5 Å². The number of hydrogen-bond acceptors (Lipinski definition) is 4. The Balaban J connectivity index is 1.82. The molecule has 0 saturated carbocycles. The highest BCUT2D eigenvalue weighted by atomic mass is 35.5.